The second-order valence-electron chi connectivity index (χ2n) is 4.04. The number of hydrogen-bond donors (Lipinski definition) is 2. The number of nitrogens with zero attached hydrogens (tertiary/aromatic N) is 1. The van der Waals surface area contributed by atoms with Crippen molar-refractivity contribution in [2.45, 2.75) is 26.3 Å². The largest absolute Gasteiger partial charge is 0.389 e. The minimum absolute atomic E-state index is 0.261. The van der Waals surface area contributed by atoms with E-state index in [0.29, 0.717) is 11.6 Å². The molecule has 1 aromatic rings. The Labute approximate surface area is 108 Å². The summed E-state index contributed by atoms with van der Waals surface area (Å²) in [6, 6.07) is 2.16. The van der Waals surface area contributed by atoms with Crippen LogP contribution < -0.4 is 11.1 Å². The van der Waals surface area contributed by atoms with Gasteiger partial charge in [0, 0.05) is 26.0 Å². The molecule has 1 heterocycles. The van der Waals surface area contributed by atoms with Crippen LogP contribution in [0.25, 0.3) is 0 Å². The Morgan fingerprint density at radius 1 is 1.65 bits per heavy atom. The molecule has 0 aliphatic carbocycles. The third-order valence-electron chi connectivity index (χ3n) is 2.54. The zero-order valence-corrected chi connectivity index (χ0v) is 11.3. The lowest BCUT2D eigenvalue weighted by atomic mass is 10.1. The molecule has 5 heteroatoms. The van der Waals surface area contributed by atoms with Crippen LogP contribution in [0.3, 0.4) is 0 Å². The lowest BCUT2D eigenvalue weighted by molar-refractivity contribution is 0.191. The minimum atomic E-state index is 0.261. The van der Waals surface area contributed by atoms with Gasteiger partial charge in [-0.05, 0) is 31.9 Å². The van der Waals surface area contributed by atoms with Crippen LogP contribution in [0.15, 0.2) is 12.3 Å². The molecule has 94 valence electrons. The first kappa shape index (κ1) is 13.9. The molecule has 3 N–H and O–H groups in total. The lowest BCUT2D eigenvalue weighted by Gasteiger charge is -2.17. The molecule has 1 unspecified atom stereocenters. The molecule has 0 amide bonds. The molecule has 4 nitrogen and oxygen atoms in total. The molecule has 0 radical (unpaired) electrons. The molecular formula is C12H19N3OS. The average Bonchev–Trinajstić information content (AvgIpc) is 2.25. The standard InChI is InChI=1S/C12H19N3OS/c1-8-4-6-14-12(10(8)11(13)17)15-9(2)5-7-16-3/h4,6,9H,5,7H2,1-3H3,(H2,13,17)(H,14,15). The second-order valence-corrected chi connectivity index (χ2v) is 4.48. The topological polar surface area (TPSA) is 60.2 Å². The fraction of sp³-hybridized carbons (Fsp3) is 0.500. The number of nitrogens with one attached hydrogen (secondary N) is 1. The molecule has 1 aromatic heterocycles. The van der Waals surface area contributed by atoms with Crippen molar-refractivity contribution < 1.29 is 4.74 Å². The SMILES string of the molecule is COCCC(C)Nc1nccc(C)c1C(N)=S. The summed E-state index contributed by atoms with van der Waals surface area (Å²) < 4.78 is 5.04. The van der Waals surface area contributed by atoms with E-state index in [1.807, 2.05) is 13.0 Å². The van der Waals surface area contributed by atoms with E-state index >= 15 is 0 Å². The lowest BCUT2D eigenvalue weighted by Crippen LogP contribution is -2.22. The van der Waals surface area contributed by atoms with Gasteiger partial charge in [-0.15, -0.1) is 0 Å². The Bertz CT molecular complexity index is 395. The van der Waals surface area contributed by atoms with Crippen molar-refractivity contribution in [2.75, 3.05) is 19.0 Å². The predicted molar refractivity (Wildman–Crippen MR) is 74.4 cm³/mol. The Morgan fingerprint density at radius 2 is 2.35 bits per heavy atom. The van der Waals surface area contributed by atoms with Crippen LogP contribution in [0.5, 0.6) is 0 Å². The fourth-order valence-corrected chi connectivity index (χ4v) is 1.84. The van der Waals surface area contributed by atoms with Gasteiger partial charge in [0.25, 0.3) is 0 Å². The minimum Gasteiger partial charge on any atom is -0.389 e. The van der Waals surface area contributed by atoms with Crippen LogP contribution in [0.4, 0.5) is 5.82 Å². The van der Waals surface area contributed by atoms with Gasteiger partial charge in [0.1, 0.15) is 10.8 Å². The maximum absolute atomic E-state index is 5.72. The van der Waals surface area contributed by atoms with Gasteiger partial charge < -0.3 is 15.8 Å². The zero-order valence-electron chi connectivity index (χ0n) is 10.5. The van der Waals surface area contributed by atoms with E-state index in [9.17, 15) is 0 Å². The number of aryl methyl sites for hydroxylation is 1. The van der Waals surface area contributed by atoms with Crippen molar-refractivity contribution in [1.29, 1.82) is 0 Å². The normalized spacial score (nSPS) is 12.2. The monoisotopic (exact) mass is 253 g/mol. The quantitative estimate of drug-likeness (QED) is 0.758. The average molecular weight is 253 g/mol. The van der Waals surface area contributed by atoms with E-state index in [4.69, 9.17) is 22.7 Å². The third-order valence-corrected chi connectivity index (χ3v) is 2.75. The zero-order chi connectivity index (χ0) is 12.8. The van der Waals surface area contributed by atoms with Crippen molar-refractivity contribution in [3.8, 4) is 0 Å². The number of pyridine rings is 1. The number of aromatic nitrogens is 1. The highest BCUT2D eigenvalue weighted by Gasteiger charge is 2.11. The van der Waals surface area contributed by atoms with Crippen LogP contribution >= 0.6 is 12.2 Å². The number of methoxy groups -OCH3 is 1. The summed E-state index contributed by atoms with van der Waals surface area (Å²) in [5.74, 6) is 0.751. The van der Waals surface area contributed by atoms with Gasteiger partial charge in [-0.25, -0.2) is 4.98 Å². The van der Waals surface area contributed by atoms with E-state index in [-0.39, 0.29) is 6.04 Å². The number of nitrogens with two attached hydrogens (primary N) is 1. The first-order valence-electron chi connectivity index (χ1n) is 5.57. The van der Waals surface area contributed by atoms with E-state index < -0.39 is 0 Å². The summed E-state index contributed by atoms with van der Waals surface area (Å²) >= 11 is 5.05. The van der Waals surface area contributed by atoms with Gasteiger partial charge >= 0.3 is 0 Å². The van der Waals surface area contributed by atoms with E-state index in [0.717, 1.165) is 23.4 Å². The summed E-state index contributed by atoms with van der Waals surface area (Å²) in [6.07, 6.45) is 2.66. The number of ether oxygens (including phenoxy) is 1. The molecule has 0 aliphatic rings. The highest BCUT2D eigenvalue weighted by atomic mass is 32.1. The highest BCUT2D eigenvalue weighted by molar-refractivity contribution is 7.80. The Hall–Kier alpha value is -1.20. The Kier molecular flexibility index (Phi) is 5.31. The molecule has 0 aliphatic heterocycles. The second kappa shape index (κ2) is 6.51. The van der Waals surface area contributed by atoms with Crippen LogP contribution in [-0.2, 0) is 4.74 Å². The summed E-state index contributed by atoms with van der Waals surface area (Å²) in [6.45, 7) is 4.76. The maximum atomic E-state index is 5.72. The molecule has 0 fully saturated rings. The fourth-order valence-electron chi connectivity index (χ4n) is 1.58. The molecule has 1 rings (SSSR count). The van der Waals surface area contributed by atoms with Crippen LogP contribution in [0.1, 0.15) is 24.5 Å². The van der Waals surface area contributed by atoms with Gasteiger partial charge in [0.2, 0.25) is 0 Å². The van der Waals surface area contributed by atoms with Crippen LogP contribution in [0, 0.1) is 6.92 Å². The molecule has 17 heavy (non-hydrogen) atoms. The number of hydrogen-bond acceptors (Lipinski definition) is 4. The number of thiocarbonyl (C=S) groups is 1. The molecule has 0 saturated carbocycles. The van der Waals surface area contributed by atoms with Crippen molar-refractivity contribution in [3.63, 3.8) is 0 Å². The first-order valence-corrected chi connectivity index (χ1v) is 5.98. The Balaban J connectivity index is 2.83. The van der Waals surface area contributed by atoms with Crippen molar-refractivity contribution in [3.05, 3.63) is 23.4 Å². The van der Waals surface area contributed by atoms with Gasteiger partial charge in [-0.2, -0.15) is 0 Å². The summed E-state index contributed by atoms with van der Waals surface area (Å²) in [5, 5.41) is 3.31. The molecule has 1 atom stereocenters. The number of rotatable bonds is 6. The molecular weight excluding hydrogens is 234 g/mol. The highest BCUT2D eigenvalue weighted by Crippen LogP contribution is 2.17. The van der Waals surface area contributed by atoms with Gasteiger partial charge in [0.15, 0.2) is 0 Å². The molecule has 0 bridgehead atoms. The van der Waals surface area contributed by atoms with E-state index in [2.05, 4.69) is 17.2 Å². The van der Waals surface area contributed by atoms with Crippen molar-refractivity contribution in [1.82, 2.24) is 4.98 Å². The van der Waals surface area contributed by atoms with E-state index in [1.54, 1.807) is 13.3 Å². The van der Waals surface area contributed by atoms with Gasteiger partial charge in [-0.1, -0.05) is 12.2 Å². The molecule has 0 aromatic carbocycles. The van der Waals surface area contributed by atoms with Crippen molar-refractivity contribution >= 4 is 23.0 Å². The van der Waals surface area contributed by atoms with Gasteiger partial charge in [-0.3, -0.25) is 0 Å². The third kappa shape index (κ3) is 3.94. The summed E-state index contributed by atoms with van der Waals surface area (Å²) in [5.41, 5.74) is 7.58. The van der Waals surface area contributed by atoms with Crippen LogP contribution in [-0.4, -0.2) is 29.7 Å². The molecule has 0 saturated heterocycles. The van der Waals surface area contributed by atoms with Crippen molar-refractivity contribution in [2.24, 2.45) is 5.73 Å². The molecule has 0 spiro atoms. The van der Waals surface area contributed by atoms with Crippen LogP contribution in [0.2, 0.25) is 0 Å². The Morgan fingerprint density at radius 3 is 2.94 bits per heavy atom. The van der Waals surface area contributed by atoms with Gasteiger partial charge in [0.05, 0.1) is 5.56 Å². The summed E-state index contributed by atoms with van der Waals surface area (Å²) in [4.78, 5) is 4.66. The summed E-state index contributed by atoms with van der Waals surface area (Å²) in [7, 11) is 1.69. The smallest absolute Gasteiger partial charge is 0.136 e. The maximum Gasteiger partial charge on any atom is 0.136 e. The first-order chi connectivity index (χ1) is 8.06. The van der Waals surface area contributed by atoms with E-state index in [1.165, 1.54) is 0 Å². The predicted octanol–water partition coefficient (Wildman–Crippen LogP) is 1.86. The number of anilines is 1.